The maximum absolute atomic E-state index is 12.3. The van der Waals surface area contributed by atoms with Gasteiger partial charge in [0.2, 0.25) is 0 Å². The van der Waals surface area contributed by atoms with Gasteiger partial charge in [-0.2, -0.15) is 13.7 Å². The molecule has 4 nitrogen and oxygen atoms in total. The molecule has 0 N–H and O–H groups in total. The second-order valence-electron chi connectivity index (χ2n) is 4.87. The summed E-state index contributed by atoms with van der Waals surface area (Å²) < 4.78 is 29.9. The van der Waals surface area contributed by atoms with E-state index in [4.69, 9.17) is 9.44 Å². The maximum Gasteiger partial charge on any atom is 0.339 e. The number of nitriles is 1. The summed E-state index contributed by atoms with van der Waals surface area (Å²) in [4.78, 5) is -0.0277. The molecule has 0 heterocycles. The van der Waals surface area contributed by atoms with Crippen LogP contribution in [0.15, 0.2) is 53.4 Å². The van der Waals surface area contributed by atoms with Gasteiger partial charge < -0.3 is 4.18 Å². The molecule has 0 spiro atoms. The van der Waals surface area contributed by atoms with Crippen LogP contribution in [0.3, 0.4) is 0 Å². The summed E-state index contributed by atoms with van der Waals surface area (Å²) in [6.45, 7) is 3.93. The van der Waals surface area contributed by atoms with E-state index in [9.17, 15) is 8.42 Å². The van der Waals surface area contributed by atoms with Gasteiger partial charge in [0.25, 0.3) is 0 Å². The summed E-state index contributed by atoms with van der Waals surface area (Å²) in [6, 6.07) is 14.7. The molecule has 0 aliphatic rings. The number of hydrogen-bond donors (Lipinski definition) is 0. The Morgan fingerprint density at radius 1 is 1.10 bits per heavy atom. The fraction of sp³-hybridized carbons (Fsp3) is 0.188. The van der Waals surface area contributed by atoms with Gasteiger partial charge >= 0.3 is 10.1 Å². The van der Waals surface area contributed by atoms with E-state index in [0.717, 1.165) is 5.56 Å². The first kappa shape index (κ1) is 15.1. The lowest BCUT2D eigenvalue weighted by Gasteiger charge is -2.13. The maximum atomic E-state index is 12.3. The van der Waals surface area contributed by atoms with E-state index >= 15 is 0 Å². The molecule has 2 aromatic carbocycles. The summed E-state index contributed by atoms with van der Waals surface area (Å²) >= 11 is 0. The van der Waals surface area contributed by atoms with Crippen LogP contribution in [0, 0.1) is 11.3 Å². The zero-order valence-corrected chi connectivity index (χ0v) is 12.6. The van der Waals surface area contributed by atoms with Gasteiger partial charge in [-0.25, -0.2) is 0 Å². The summed E-state index contributed by atoms with van der Waals surface area (Å²) in [5, 5.41) is 8.85. The highest BCUT2D eigenvalue weighted by Crippen LogP contribution is 2.28. The molecule has 0 unspecified atom stereocenters. The minimum atomic E-state index is -3.95. The Labute approximate surface area is 124 Å². The van der Waals surface area contributed by atoms with Crippen LogP contribution in [0.5, 0.6) is 5.75 Å². The van der Waals surface area contributed by atoms with Gasteiger partial charge in [0.15, 0.2) is 0 Å². The highest BCUT2D eigenvalue weighted by atomic mass is 32.2. The van der Waals surface area contributed by atoms with E-state index in [-0.39, 0.29) is 16.4 Å². The first-order valence-electron chi connectivity index (χ1n) is 6.47. The molecule has 0 saturated heterocycles. The number of benzene rings is 2. The van der Waals surface area contributed by atoms with Crippen LogP contribution < -0.4 is 4.18 Å². The molecule has 0 radical (unpaired) electrons. The quantitative estimate of drug-likeness (QED) is 0.811. The monoisotopic (exact) mass is 301 g/mol. The minimum absolute atomic E-state index is 0.0277. The lowest BCUT2D eigenvalue weighted by molar-refractivity contribution is 0.481. The van der Waals surface area contributed by atoms with Crippen molar-refractivity contribution in [2.24, 2.45) is 0 Å². The predicted molar refractivity (Wildman–Crippen MR) is 79.5 cm³/mol. The Kier molecular flexibility index (Phi) is 4.29. The van der Waals surface area contributed by atoms with Crippen molar-refractivity contribution in [1.29, 1.82) is 5.26 Å². The van der Waals surface area contributed by atoms with Crippen LogP contribution in [-0.4, -0.2) is 8.42 Å². The largest absolute Gasteiger partial charge is 0.379 e. The lowest BCUT2D eigenvalue weighted by atomic mass is 10.0. The molecule has 0 aliphatic heterocycles. The van der Waals surface area contributed by atoms with Crippen LogP contribution in [0.25, 0.3) is 0 Å². The average Bonchev–Trinajstić information content (AvgIpc) is 2.47. The van der Waals surface area contributed by atoms with Crippen molar-refractivity contribution in [3.63, 3.8) is 0 Å². The predicted octanol–water partition coefficient (Wildman–Crippen LogP) is 3.45. The van der Waals surface area contributed by atoms with Crippen LogP contribution in [0.2, 0.25) is 0 Å². The molecule has 0 atom stereocenters. The third kappa shape index (κ3) is 3.41. The third-order valence-electron chi connectivity index (χ3n) is 2.99. The molecule has 2 aromatic rings. The third-order valence-corrected chi connectivity index (χ3v) is 4.22. The van der Waals surface area contributed by atoms with E-state index in [0.29, 0.717) is 5.75 Å². The highest BCUT2D eigenvalue weighted by Gasteiger charge is 2.19. The van der Waals surface area contributed by atoms with E-state index < -0.39 is 10.1 Å². The van der Waals surface area contributed by atoms with Crippen LogP contribution >= 0.6 is 0 Å². The van der Waals surface area contributed by atoms with Crippen LogP contribution in [0.4, 0.5) is 0 Å². The van der Waals surface area contributed by atoms with E-state index in [2.05, 4.69) is 0 Å². The van der Waals surface area contributed by atoms with E-state index in [1.165, 1.54) is 18.2 Å². The van der Waals surface area contributed by atoms with Gasteiger partial charge in [-0.3, -0.25) is 0 Å². The van der Waals surface area contributed by atoms with E-state index in [1.54, 1.807) is 18.2 Å². The van der Waals surface area contributed by atoms with Crippen molar-refractivity contribution < 1.29 is 12.6 Å². The summed E-state index contributed by atoms with van der Waals surface area (Å²) in [6.07, 6.45) is 0. The topological polar surface area (TPSA) is 67.2 Å². The van der Waals surface area contributed by atoms with Gasteiger partial charge in [-0.1, -0.05) is 38.1 Å². The van der Waals surface area contributed by atoms with Crippen LogP contribution in [0.1, 0.15) is 30.9 Å². The lowest BCUT2D eigenvalue weighted by Crippen LogP contribution is -2.11. The van der Waals surface area contributed by atoms with Crippen molar-refractivity contribution in [2.75, 3.05) is 0 Å². The minimum Gasteiger partial charge on any atom is -0.379 e. The van der Waals surface area contributed by atoms with Gasteiger partial charge in [-0.05, 0) is 35.7 Å². The molecule has 5 heteroatoms. The van der Waals surface area contributed by atoms with E-state index in [1.807, 2.05) is 32.0 Å². The van der Waals surface area contributed by atoms with Crippen LogP contribution in [-0.2, 0) is 10.1 Å². The Bertz CT molecular complexity index is 789. The first-order valence-corrected chi connectivity index (χ1v) is 7.88. The van der Waals surface area contributed by atoms with Crippen molar-refractivity contribution in [3.8, 4) is 11.8 Å². The molecule has 0 bridgehead atoms. The molecule has 2 rings (SSSR count). The number of nitrogens with zero attached hydrogens (tertiary/aromatic N) is 1. The Balaban J connectivity index is 2.41. The first-order chi connectivity index (χ1) is 9.94. The van der Waals surface area contributed by atoms with Gasteiger partial charge in [0.1, 0.15) is 10.6 Å². The Hall–Kier alpha value is -2.32. The SMILES string of the molecule is CC(C)c1ccccc1OS(=O)(=O)c1cccc(C#N)c1. The Morgan fingerprint density at radius 2 is 1.81 bits per heavy atom. The number of para-hydroxylation sites is 1. The molecule has 0 saturated carbocycles. The smallest absolute Gasteiger partial charge is 0.339 e. The van der Waals surface area contributed by atoms with Crippen molar-refractivity contribution in [3.05, 3.63) is 59.7 Å². The molecular formula is C16H15NO3S. The van der Waals surface area contributed by atoms with Gasteiger partial charge in [0.05, 0.1) is 11.6 Å². The molecule has 0 aliphatic carbocycles. The highest BCUT2D eigenvalue weighted by molar-refractivity contribution is 7.87. The Morgan fingerprint density at radius 3 is 2.48 bits per heavy atom. The second-order valence-corrected chi connectivity index (χ2v) is 6.42. The molecule has 0 amide bonds. The zero-order chi connectivity index (χ0) is 15.5. The number of hydrogen-bond acceptors (Lipinski definition) is 4. The molecule has 108 valence electrons. The zero-order valence-electron chi connectivity index (χ0n) is 11.8. The van der Waals surface area contributed by atoms with Crippen molar-refractivity contribution in [1.82, 2.24) is 0 Å². The molecule has 0 fully saturated rings. The van der Waals surface area contributed by atoms with Crippen molar-refractivity contribution >= 4 is 10.1 Å². The average molecular weight is 301 g/mol. The van der Waals surface area contributed by atoms with Gasteiger partial charge in [0, 0.05) is 0 Å². The summed E-state index contributed by atoms with van der Waals surface area (Å²) in [5.74, 6) is 0.455. The fourth-order valence-electron chi connectivity index (χ4n) is 1.92. The fourth-order valence-corrected chi connectivity index (χ4v) is 2.92. The number of rotatable bonds is 4. The molecule has 0 aromatic heterocycles. The summed E-state index contributed by atoms with van der Waals surface area (Å²) in [5.41, 5.74) is 1.09. The molecule has 21 heavy (non-hydrogen) atoms. The normalized spacial score (nSPS) is 11.1. The molecular weight excluding hydrogens is 286 g/mol. The second kappa shape index (κ2) is 5.98. The summed E-state index contributed by atoms with van der Waals surface area (Å²) in [7, 11) is -3.95. The standard InChI is InChI=1S/C16H15NO3S/c1-12(2)15-8-3-4-9-16(15)20-21(18,19)14-7-5-6-13(10-14)11-17/h3-10,12H,1-2H3. The van der Waals surface area contributed by atoms with Gasteiger partial charge in [-0.15, -0.1) is 0 Å². The van der Waals surface area contributed by atoms with Crippen molar-refractivity contribution in [2.45, 2.75) is 24.7 Å².